The van der Waals surface area contributed by atoms with Crippen molar-refractivity contribution < 1.29 is 23.0 Å². The third kappa shape index (κ3) is 4.11. The van der Waals surface area contributed by atoms with E-state index in [0.29, 0.717) is 12.8 Å². The molecule has 0 bridgehead atoms. The number of allylic oxidation sites excluding steroid dienone is 1. The number of ether oxygens (including phenoxy) is 1. The van der Waals surface area contributed by atoms with E-state index in [2.05, 4.69) is 6.58 Å². The van der Waals surface area contributed by atoms with Crippen LogP contribution in [-0.4, -0.2) is 23.0 Å². The maximum atomic E-state index is 13.2. The maximum absolute atomic E-state index is 13.2. The van der Waals surface area contributed by atoms with Gasteiger partial charge in [-0.05, 0) is 67.6 Å². The number of fused-ring (bicyclic) bond motifs is 1. The fraction of sp³-hybridized carbons (Fsp3) is 0.478. The first-order chi connectivity index (χ1) is 12.9. The highest BCUT2D eigenvalue weighted by atomic mass is 19.4. The Morgan fingerprint density at radius 3 is 2.11 bits per heavy atom. The van der Waals surface area contributed by atoms with Gasteiger partial charge in [-0.25, -0.2) is 0 Å². The molecule has 2 unspecified atom stereocenters. The maximum Gasteiger partial charge on any atom is 0.419 e. The van der Waals surface area contributed by atoms with Gasteiger partial charge in [0.05, 0.1) is 11.7 Å². The number of hydrogen-bond donors (Lipinski definition) is 1. The van der Waals surface area contributed by atoms with Gasteiger partial charge < -0.3 is 9.84 Å². The number of rotatable bonds is 7. The van der Waals surface area contributed by atoms with Gasteiger partial charge in [0.15, 0.2) is 5.60 Å². The molecule has 0 radical (unpaired) electrons. The van der Waals surface area contributed by atoms with Crippen molar-refractivity contribution in [3.63, 3.8) is 0 Å². The SMILES string of the molecule is C=C(C)c1ccc2cc(C(CC)(CC)OC(C)C(C)(O)C(F)(F)F)ccc2c1. The van der Waals surface area contributed by atoms with Gasteiger partial charge in [-0.3, -0.25) is 0 Å². The summed E-state index contributed by atoms with van der Waals surface area (Å²) in [5.41, 5.74) is -1.04. The summed E-state index contributed by atoms with van der Waals surface area (Å²) in [6.07, 6.45) is -5.23. The smallest absolute Gasteiger partial charge is 0.379 e. The standard InChI is InChI=1S/C23H29F3O2/c1-7-22(8-2,28-16(5)21(6,27)23(24,25)26)20-12-11-18-13-17(15(3)4)9-10-19(18)14-20/h9-14,16,27H,3,7-8H2,1-2,4-6H3. The molecule has 0 aliphatic heterocycles. The summed E-state index contributed by atoms with van der Waals surface area (Å²) < 4.78 is 45.7. The van der Waals surface area contributed by atoms with Gasteiger partial charge >= 0.3 is 6.18 Å². The number of hydrogen-bond acceptors (Lipinski definition) is 2. The predicted molar refractivity (Wildman–Crippen MR) is 108 cm³/mol. The van der Waals surface area contributed by atoms with Crippen LogP contribution in [0.5, 0.6) is 0 Å². The molecule has 2 rings (SSSR count). The summed E-state index contributed by atoms with van der Waals surface area (Å²) in [5.74, 6) is 0. The van der Waals surface area contributed by atoms with E-state index in [4.69, 9.17) is 4.74 Å². The second-order valence-corrected chi connectivity index (χ2v) is 7.66. The van der Waals surface area contributed by atoms with Gasteiger partial charge in [-0.1, -0.05) is 50.3 Å². The molecule has 0 fully saturated rings. The van der Waals surface area contributed by atoms with Crippen molar-refractivity contribution >= 4 is 16.3 Å². The fourth-order valence-corrected chi connectivity index (χ4v) is 3.37. The van der Waals surface area contributed by atoms with Crippen molar-refractivity contribution in [2.24, 2.45) is 0 Å². The van der Waals surface area contributed by atoms with Crippen LogP contribution in [0, 0.1) is 0 Å². The Balaban J connectivity index is 2.47. The summed E-state index contributed by atoms with van der Waals surface area (Å²) in [6.45, 7) is 11.7. The van der Waals surface area contributed by atoms with Crippen LogP contribution >= 0.6 is 0 Å². The fourth-order valence-electron chi connectivity index (χ4n) is 3.37. The highest BCUT2D eigenvalue weighted by Crippen LogP contribution is 2.41. The van der Waals surface area contributed by atoms with Gasteiger partial charge in [-0.2, -0.15) is 13.2 Å². The lowest BCUT2D eigenvalue weighted by atomic mass is 9.85. The molecule has 154 valence electrons. The van der Waals surface area contributed by atoms with Crippen molar-refractivity contribution in [2.45, 2.75) is 70.9 Å². The first-order valence-corrected chi connectivity index (χ1v) is 9.55. The summed E-state index contributed by atoms with van der Waals surface area (Å²) >= 11 is 0. The van der Waals surface area contributed by atoms with Crippen LogP contribution in [0.25, 0.3) is 16.3 Å². The van der Waals surface area contributed by atoms with Gasteiger partial charge in [0.2, 0.25) is 0 Å². The van der Waals surface area contributed by atoms with Crippen molar-refractivity contribution in [1.29, 1.82) is 0 Å². The molecule has 0 amide bonds. The molecule has 0 aliphatic carbocycles. The van der Waals surface area contributed by atoms with Gasteiger partial charge in [0.25, 0.3) is 0 Å². The zero-order valence-electron chi connectivity index (χ0n) is 17.2. The van der Waals surface area contributed by atoms with Crippen molar-refractivity contribution in [3.05, 3.63) is 54.1 Å². The molecule has 0 saturated carbocycles. The van der Waals surface area contributed by atoms with Crippen LogP contribution in [0.1, 0.15) is 58.6 Å². The highest BCUT2D eigenvalue weighted by molar-refractivity contribution is 5.86. The number of halogens is 3. The van der Waals surface area contributed by atoms with Gasteiger partial charge in [-0.15, -0.1) is 0 Å². The normalized spacial score (nSPS) is 16.0. The van der Waals surface area contributed by atoms with E-state index in [1.54, 1.807) is 0 Å². The molecule has 0 spiro atoms. The average Bonchev–Trinajstić information content (AvgIpc) is 2.64. The molecular weight excluding hydrogens is 365 g/mol. The zero-order valence-corrected chi connectivity index (χ0v) is 17.2. The highest BCUT2D eigenvalue weighted by Gasteiger charge is 2.55. The van der Waals surface area contributed by atoms with Gasteiger partial charge in [0.1, 0.15) is 0 Å². The van der Waals surface area contributed by atoms with Crippen LogP contribution < -0.4 is 0 Å². The number of benzene rings is 2. The van der Waals surface area contributed by atoms with Crippen LogP contribution in [-0.2, 0) is 10.3 Å². The average molecular weight is 394 g/mol. The molecule has 28 heavy (non-hydrogen) atoms. The molecule has 2 aromatic carbocycles. The molecule has 0 aliphatic rings. The monoisotopic (exact) mass is 394 g/mol. The van der Waals surface area contributed by atoms with E-state index in [0.717, 1.165) is 34.4 Å². The van der Waals surface area contributed by atoms with E-state index < -0.39 is 23.5 Å². The van der Waals surface area contributed by atoms with E-state index in [9.17, 15) is 18.3 Å². The van der Waals surface area contributed by atoms with Crippen LogP contribution in [0.2, 0.25) is 0 Å². The molecule has 0 saturated heterocycles. The molecule has 2 atom stereocenters. The Kier molecular flexibility index (Phi) is 6.31. The lowest BCUT2D eigenvalue weighted by Crippen LogP contribution is -2.54. The second kappa shape index (κ2) is 7.88. The third-order valence-electron chi connectivity index (χ3n) is 5.77. The Morgan fingerprint density at radius 2 is 1.61 bits per heavy atom. The topological polar surface area (TPSA) is 29.5 Å². The minimum absolute atomic E-state index is 0.483. The molecular formula is C23H29F3O2. The minimum atomic E-state index is -4.78. The van der Waals surface area contributed by atoms with E-state index >= 15 is 0 Å². The van der Waals surface area contributed by atoms with Crippen LogP contribution in [0.4, 0.5) is 13.2 Å². The predicted octanol–water partition coefficient (Wildman–Crippen LogP) is 6.61. The summed E-state index contributed by atoms with van der Waals surface area (Å²) in [6, 6.07) is 11.8. The lowest BCUT2D eigenvalue weighted by Gasteiger charge is -2.41. The van der Waals surface area contributed by atoms with Gasteiger partial charge in [0, 0.05) is 0 Å². The summed E-state index contributed by atoms with van der Waals surface area (Å²) in [5, 5.41) is 12.0. The van der Waals surface area contributed by atoms with Crippen molar-refractivity contribution in [1.82, 2.24) is 0 Å². The van der Waals surface area contributed by atoms with Crippen LogP contribution in [0.15, 0.2) is 43.0 Å². The molecule has 1 N–H and O–H groups in total. The largest absolute Gasteiger partial charge is 0.419 e. The molecule has 2 nitrogen and oxygen atoms in total. The molecule has 5 heteroatoms. The van der Waals surface area contributed by atoms with E-state index in [1.807, 2.05) is 57.2 Å². The van der Waals surface area contributed by atoms with Crippen molar-refractivity contribution in [2.75, 3.05) is 0 Å². The zero-order chi connectivity index (χ0) is 21.3. The Labute approximate surface area is 165 Å². The number of aliphatic hydroxyl groups is 1. The van der Waals surface area contributed by atoms with Crippen molar-refractivity contribution in [3.8, 4) is 0 Å². The first-order valence-electron chi connectivity index (χ1n) is 9.55. The second-order valence-electron chi connectivity index (χ2n) is 7.66. The minimum Gasteiger partial charge on any atom is -0.379 e. The lowest BCUT2D eigenvalue weighted by molar-refractivity contribution is -0.301. The quantitative estimate of drug-likeness (QED) is 0.573. The molecule has 0 aromatic heterocycles. The Morgan fingerprint density at radius 1 is 1.07 bits per heavy atom. The summed E-state index contributed by atoms with van der Waals surface area (Å²) in [7, 11) is 0. The summed E-state index contributed by atoms with van der Waals surface area (Å²) in [4.78, 5) is 0. The van der Waals surface area contributed by atoms with E-state index in [-0.39, 0.29) is 0 Å². The van der Waals surface area contributed by atoms with E-state index in [1.165, 1.54) is 6.92 Å². The molecule has 0 heterocycles. The molecule has 2 aromatic rings. The van der Waals surface area contributed by atoms with Crippen LogP contribution in [0.3, 0.4) is 0 Å². The Hall–Kier alpha value is -1.85. The Bertz CT molecular complexity index is 849. The first kappa shape index (κ1) is 22.4. The third-order valence-corrected chi connectivity index (χ3v) is 5.77. The number of alkyl halides is 3.